The van der Waals surface area contributed by atoms with Crippen LogP contribution in [0, 0.1) is 5.82 Å². The lowest BCUT2D eigenvalue weighted by atomic mass is 10.1. The molecule has 0 aliphatic carbocycles. The van der Waals surface area contributed by atoms with Crippen molar-refractivity contribution in [3.05, 3.63) is 98.5 Å². The number of phenolic OH excluding ortho intramolecular Hbond substituents is 2. The molecule has 3 N–H and O–H groups in total. The Hall–Kier alpha value is -4.07. The van der Waals surface area contributed by atoms with Gasteiger partial charge in [-0.25, -0.2) is 13.8 Å². The molecule has 1 aromatic heterocycles. The van der Waals surface area contributed by atoms with Gasteiger partial charge in [-0.05, 0) is 60.5 Å². The SMILES string of the molecule is O=c1oc2ccc(NCc3cc(O)ccc3O)cc2c(=O)n1CCc1ccc(F)cc1. The molecule has 0 atom stereocenters. The lowest BCUT2D eigenvalue weighted by Gasteiger charge is -2.10. The number of nitrogens with one attached hydrogen (secondary N) is 1. The van der Waals surface area contributed by atoms with Gasteiger partial charge in [-0.15, -0.1) is 0 Å². The molecule has 4 aromatic rings. The first kappa shape index (κ1) is 20.2. The molecule has 7 nitrogen and oxygen atoms in total. The third kappa shape index (κ3) is 4.42. The highest BCUT2D eigenvalue weighted by Gasteiger charge is 2.11. The van der Waals surface area contributed by atoms with Gasteiger partial charge in [-0.1, -0.05) is 12.1 Å². The lowest BCUT2D eigenvalue weighted by molar-refractivity contribution is 0.455. The van der Waals surface area contributed by atoms with Crippen LogP contribution in [0.3, 0.4) is 0 Å². The predicted molar refractivity (Wildman–Crippen MR) is 114 cm³/mol. The highest BCUT2D eigenvalue weighted by atomic mass is 19.1. The Labute approximate surface area is 175 Å². The molecule has 3 aromatic carbocycles. The lowest BCUT2D eigenvalue weighted by Crippen LogP contribution is -2.33. The molecule has 0 amide bonds. The van der Waals surface area contributed by atoms with Gasteiger partial charge in [0.2, 0.25) is 0 Å². The molecule has 0 spiro atoms. The van der Waals surface area contributed by atoms with Gasteiger partial charge in [0.15, 0.2) is 0 Å². The van der Waals surface area contributed by atoms with Crippen LogP contribution in [-0.4, -0.2) is 14.8 Å². The van der Waals surface area contributed by atoms with Gasteiger partial charge < -0.3 is 19.9 Å². The van der Waals surface area contributed by atoms with Crippen molar-refractivity contribution < 1.29 is 19.0 Å². The fourth-order valence-corrected chi connectivity index (χ4v) is 3.27. The molecular formula is C23H19FN2O5. The highest BCUT2D eigenvalue weighted by molar-refractivity contribution is 5.79. The van der Waals surface area contributed by atoms with Gasteiger partial charge in [-0.3, -0.25) is 4.79 Å². The van der Waals surface area contributed by atoms with Gasteiger partial charge in [0.25, 0.3) is 5.56 Å². The van der Waals surface area contributed by atoms with Crippen LogP contribution >= 0.6 is 0 Å². The summed E-state index contributed by atoms with van der Waals surface area (Å²) in [5.41, 5.74) is 1.52. The van der Waals surface area contributed by atoms with Crippen molar-refractivity contribution >= 4 is 16.7 Å². The van der Waals surface area contributed by atoms with E-state index >= 15 is 0 Å². The molecule has 0 radical (unpaired) electrons. The van der Waals surface area contributed by atoms with Crippen molar-refractivity contribution in [3.8, 4) is 11.5 Å². The molecule has 0 aliphatic rings. The zero-order chi connectivity index (χ0) is 22.0. The van der Waals surface area contributed by atoms with Crippen LogP contribution < -0.4 is 16.6 Å². The minimum Gasteiger partial charge on any atom is -0.508 e. The smallest absolute Gasteiger partial charge is 0.422 e. The molecule has 0 unspecified atom stereocenters. The Balaban J connectivity index is 1.59. The number of aromatic nitrogens is 1. The van der Waals surface area contributed by atoms with Crippen molar-refractivity contribution in [2.75, 3.05) is 5.32 Å². The fraction of sp³-hybridized carbons (Fsp3) is 0.130. The zero-order valence-electron chi connectivity index (χ0n) is 16.3. The number of hydrogen-bond acceptors (Lipinski definition) is 6. The van der Waals surface area contributed by atoms with E-state index in [4.69, 9.17) is 4.42 Å². The van der Waals surface area contributed by atoms with Crippen molar-refractivity contribution in [2.45, 2.75) is 19.5 Å². The van der Waals surface area contributed by atoms with Gasteiger partial charge in [-0.2, -0.15) is 0 Å². The summed E-state index contributed by atoms with van der Waals surface area (Å²) in [5, 5.41) is 22.8. The quantitative estimate of drug-likeness (QED) is 0.412. The molecule has 0 saturated carbocycles. The highest BCUT2D eigenvalue weighted by Crippen LogP contribution is 2.23. The number of rotatable bonds is 6. The third-order valence-electron chi connectivity index (χ3n) is 4.96. The molecule has 0 aliphatic heterocycles. The number of benzene rings is 3. The van der Waals surface area contributed by atoms with E-state index in [-0.39, 0.29) is 41.4 Å². The van der Waals surface area contributed by atoms with E-state index in [1.54, 1.807) is 24.3 Å². The fourth-order valence-electron chi connectivity index (χ4n) is 3.27. The molecule has 8 heteroatoms. The van der Waals surface area contributed by atoms with Crippen molar-refractivity contribution in [2.24, 2.45) is 0 Å². The van der Waals surface area contributed by atoms with E-state index in [1.807, 2.05) is 0 Å². The first-order chi connectivity index (χ1) is 14.9. The number of aryl methyl sites for hydroxylation is 1. The van der Waals surface area contributed by atoms with Crippen LogP contribution in [0.2, 0.25) is 0 Å². The summed E-state index contributed by atoms with van der Waals surface area (Å²) < 4.78 is 19.3. The number of hydrogen-bond donors (Lipinski definition) is 3. The van der Waals surface area contributed by atoms with E-state index in [0.29, 0.717) is 17.7 Å². The van der Waals surface area contributed by atoms with Gasteiger partial charge in [0, 0.05) is 24.3 Å². The standard InChI is InChI=1S/C23H19FN2O5/c24-16-3-1-14(2-4-16)9-10-26-22(29)19-12-17(5-8-21(19)31-23(26)30)25-13-15-11-18(27)6-7-20(15)28/h1-8,11-12,25,27-28H,9-10,13H2. The Morgan fingerprint density at radius 3 is 2.52 bits per heavy atom. The van der Waals surface area contributed by atoms with Crippen LogP contribution in [0.1, 0.15) is 11.1 Å². The summed E-state index contributed by atoms with van der Waals surface area (Å²) in [7, 11) is 0. The summed E-state index contributed by atoms with van der Waals surface area (Å²) in [6.07, 6.45) is 0.366. The molecule has 1 heterocycles. The van der Waals surface area contributed by atoms with E-state index in [2.05, 4.69) is 5.32 Å². The topological polar surface area (TPSA) is 105 Å². The van der Waals surface area contributed by atoms with E-state index < -0.39 is 11.3 Å². The second-order valence-corrected chi connectivity index (χ2v) is 7.08. The average Bonchev–Trinajstić information content (AvgIpc) is 2.75. The van der Waals surface area contributed by atoms with Gasteiger partial charge >= 0.3 is 5.76 Å². The van der Waals surface area contributed by atoms with Crippen LogP contribution in [0.5, 0.6) is 11.5 Å². The number of anilines is 1. The van der Waals surface area contributed by atoms with Gasteiger partial charge in [0.1, 0.15) is 22.9 Å². The number of nitrogens with zero attached hydrogens (tertiary/aromatic N) is 1. The number of aromatic hydroxyl groups is 2. The van der Waals surface area contributed by atoms with Crippen LogP contribution in [0.4, 0.5) is 10.1 Å². The largest absolute Gasteiger partial charge is 0.508 e. The molecule has 4 rings (SSSR count). The Morgan fingerprint density at radius 2 is 1.74 bits per heavy atom. The zero-order valence-corrected chi connectivity index (χ0v) is 16.3. The molecule has 158 valence electrons. The molecular weight excluding hydrogens is 403 g/mol. The van der Waals surface area contributed by atoms with Gasteiger partial charge in [0.05, 0.1) is 5.39 Å². The average molecular weight is 422 g/mol. The first-order valence-electron chi connectivity index (χ1n) is 9.57. The van der Waals surface area contributed by atoms with E-state index in [1.165, 1.54) is 36.4 Å². The molecule has 0 fully saturated rings. The van der Waals surface area contributed by atoms with Crippen LogP contribution in [0.15, 0.2) is 74.7 Å². The summed E-state index contributed by atoms with van der Waals surface area (Å²) in [6.45, 7) is 0.304. The minimum atomic E-state index is -0.759. The minimum absolute atomic E-state index is 0.0268. The second kappa shape index (κ2) is 8.35. The number of fused-ring (bicyclic) bond motifs is 1. The monoisotopic (exact) mass is 422 g/mol. The van der Waals surface area contributed by atoms with E-state index in [9.17, 15) is 24.2 Å². The predicted octanol–water partition coefficient (Wildman–Crippen LogP) is 3.36. The summed E-state index contributed by atoms with van der Waals surface area (Å²) in [4.78, 5) is 25.2. The number of halogens is 1. The normalized spacial score (nSPS) is 11.0. The summed E-state index contributed by atoms with van der Waals surface area (Å²) in [6, 6.07) is 14.8. The van der Waals surface area contributed by atoms with Crippen molar-refractivity contribution in [1.29, 1.82) is 0 Å². The molecule has 0 bridgehead atoms. The van der Waals surface area contributed by atoms with Crippen LogP contribution in [-0.2, 0) is 19.5 Å². The molecule has 31 heavy (non-hydrogen) atoms. The van der Waals surface area contributed by atoms with Crippen molar-refractivity contribution in [3.63, 3.8) is 0 Å². The number of phenols is 2. The maximum absolute atomic E-state index is 13.1. The maximum atomic E-state index is 13.1. The maximum Gasteiger partial charge on any atom is 0.422 e. The Bertz CT molecular complexity index is 1360. The third-order valence-corrected chi connectivity index (χ3v) is 4.96. The van der Waals surface area contributed by atoms with Crippen molar-refractivity contribution in [1.82, 2.24) is 4.57 Å². The first-order valence-corrected chi connectivity index (χ1v) is 9.57. The Morgan fingerprint density at radius 1 is 0.968 bits per heavy atom. The Kier molecular flexibility index (Phi) is 5.44. The second-order valence-electron chi connectivity index (χ2n) is 7.08. The van der Waals surface area contributed by atoms with E-state index in [0.717, 1.165) is 10.1 Å². The van der Waals surface area contributed by atoms with Crippen LogP contribution in [0.25, 0.3) is 11.0 Å². The summed E-state index contributed by atoms with van der Waals surface area (Å²) in [5.74, 6) is -1.06. The summed E-state index contributed by atoms with van der Waals surface area (Å²) >= 11 is 0. The molecule has 0 saturated heterocycles.